The Morgan fingerprint density at radius 2 is 0.538 bits per heavy atom. The van der Waals surface area contributed by atoms with Crippen LogP contribution in [0.25, 0.3) is 123 Å². The minimum Gasteiger partial charge on any atom is -0.399 e. The van der Waals surface area contributed by atoms with Gasteiger partial charge in [0.25, 0.3) is 0 Å². The van der Waals surface area contributed by atoms with E-state index in [1.165, 1.54) is 22.3 Å². The molecule has 8 nitrogen and oxygen atoms in total. The summed E-state index contributed by atoms with van der Waals surface area (Å²) in [6.07, 6.45) is 3.56. The van der Waals surface area contributed by atoms with Gasteiger partial charge in [-0.1, -0.05) is 396 Å². The fourth-order valence-corrected chi connectivity index (χ4v) is 17.7. The number of hydrogen-bond donors (Lipinski definition) is 0. The van der Waals surface area contributed by atoms with E-state index in [0.717, 1.165) is 124 Å². The van der Waals surface area contributed by atoms with Crippen molar-refractivity contribution >= 4 is 93.7 Å². The summed E-state index contributed by atoms with van der Waals surface area (Å²) in [4.78, 5) is 49.5. The van der Waals surface area contributed by atoms with Crippen LogP contribution in [0.2, 0.25) is 0 Å². The number of halogens is 4. The van der Waals surface area contributed by atoms with Gasteiger partial charge >= 0.3 is 7.12 Å². The molecule has 0 aliphatic carbocycles. The zero-order valence-electron chi connectivity index (χ0n) is 78.5. The van der Waals surface area contributed by atoms with Crippen LogP contribution in [0.4, 0.5) is 0 Å². The number of nitrogens with zero attached hydrogens (tertiary/aromatic N) is 3. The maximum atomic E-state index is 13.9. The molecule has 0 amide bonds. The van der Waals surface area contributed by atoms with Crippen molar-refractivity contribution in [1.29, 1.82) is 5.26 Å². The molecule has 0 unspecified atom stereocenters. The Morgan fingerprint density at radius 3 is 0.867 bits per heavy atom. The Balaban J connectivity index is 0.000000143. The second kappa shape index (κ2) is 51.1. The summed E-state index contributed by atoms with van der Waals surface area (Å²) in [5, 5.41) is 8.39. The maximum Gasteiger partial charge on any atom is 0.494 e. The van der Waals surface area contributed by atoms with E-state index < -0.39 is 18.3 Å². The second-order valence-electron chi connectivity index (χ2n) is 34.3. The molecule has 21 rings (SSSR count). The third-order valence-electron chi connectivity index (χ3n) is 24.0. The summed E-state index contributed by atoms with van der Waals surface area (Å²) in [5.41, 5.74) is 27.9. The largest absolute Gasteiger partial charge is 0.494 e. The van der Waals surface area contributed by atoms with Crippen LogP contribution >= 0.6 is 63.7 Å². The van der Waals surface area contributed by atoms with Crippen LogP contribution in [0.5, 0.6) is 0 Å². The Hall–Kier alpha value is -14.0. The minimum absolute atomic E-state index is 0. The van der Waals surface area contributed by atoms with Crippen molar-refractivity contribution in [3.63, 3.8) is 0 Å². The summed E-state index contributed by atoms with van der Waals surface area (Å²) in [7, 11) is -0.511. The first-order valence-corrected chi connectivity index (χ1v) is 49.2. The van der Waals surface area contributed by atoms with Crippen molar-refractivity contribution in [2.45, 2.75) is 38.9 Å². The topological polar surface area (TPSA) is 119 Å². The van der Waals surface area contributed by atoms with Crippen molar-refractivity contribution in [3.05, 3.63) is 567 Å². The molecule has 0 N–H and O–H groups in total. The Labute approximate surface area is 898 Å². The van der Waals surface area contributed by atoms with Gasteiger partial charge in [-0.15, -0.1) is 65.2 Å². The van der Waals surface area contributed by atoms with Gasteiger partial charge in [0.2, 0.25) is 0 Å². The molecule has 3 heterocycles. The maximum absolute atomic E-state index is 13.9. The zero-order valence-corrected chi connectivity index (χ0v) is 89.6. The molecular formula is C128H94BBr4Ir2N3O5-2. The van der Waals surface area contributed by atoms with Gasteiger partial charge in [0.1, 0.15) is 0 Å². The number of rotatable bonds is 18. The first kappa shape index (κ1) is 105. The van der Waals surface area contributed by atoms with Gasteiger partial charge in [0.15, 0.2) is 17.3 Å². The monoisotopic (exact) mass is 2470 g/mol. The number of hydrogen-bond acceptors (Lipinski definition) is 8. The van der Waals surface area contributed by atoms with Gasteiger partial charge in [-0.3, -0.25) is 14.4 Å². The molecule has 15 heteroatoms. The van der Waals surface area contributed by atoms with Gasteiger partial charge in [0.05, 0.1) is 22.8 Å². The van der Waals surface area contributed by atoms with Crippen molar-refractivity contribution in [1.82, 2.24) is 9.97 Å². The van der Waals surface area contributed by atoms with Crippen LogP contribution < -0.4 is 5.46 Å². The molecule has 1 aliphatic rings. The standard InChI is InChI=1S/C36H24NO.C31H29BO3.C25H17BrO.C18H13Br.C11H7BrN.C7H4BrN.2Ir/c38-36(31-18-10-16-29(22-31)28-15-9-17-30(21-28)35-19-7-8-20-37-35)34-24-32(26-11-3-1-4-12-26)23-33(25-34)27-13-5-2-6-14-27;1-30(2)31(3,4)35-32(34-30)28-17-11-16-24(21-28)29(33)27-19-25(22-12-7-5-8-13-22)18-26(20-27)23-14-9-6-10-15-23;26-24-13-7-12-20(17-24)25(27)23-15-21(18-8-3-1-4-9-18)14-22(16-23)19-10-5-2-6-11-19;19-18-12-16(14-7-3-1-4-8-14)11-17(13-18)15-9-5-2-6-10-15;12-10-5-3-4-9(8-10)11-6-1-2-7-13-11;8-7-3-1-2-6(4-7)5-9;;/h1-16,18-25H;5-21H,1-4H3;1-17H;1-13H;1-3,5-8H;1-4H;;/q-1;;;;-1;;;. The third kappa shape index (κ3) is 28.5. The average molecular weight is 2470 g/mol. The van der Waals surface area contributed by atoms with Crippen LogP contribution in [0.3, 0.4) is 0 Å². The summed E-state index contributed by atoms with van der Waals surface area (Å²) < 4.78 is 16.4. The quantitative estimate of drug-likeness (QED) is 0.0473. The SMILES string of the molecule is Brc1cc(-c2ccccc2)cc(-c2ccccc2)c1.Brc1cc[c-]c(-c2ccccn2)c1.CC1(C)OB(c2cccc(C(=O)c3cc(-c4ccccc4)cc(-c4ccccc4)c3)c2)OC1(C)C.N#Cc1cccc(Br)c1.O=C(c1cccc(-c2cc[c-]c(-c3ccccn3)c2)c1)c1cc(-c2ccccc2)cc(-c2ccccc2)c1.O=C(c1cccc(Br)c1)c1cc(-c2ccccc2)cc(-c2ccccc2)c1.[Ir].[Ir]. The fourth-order valence-electron chi connectivity index (χ4n) is 16.0. The van der Waals surface area contributed by atoms with Gasteiger partial charge in [0, 0.05) is 99.4 Å². The normalized spacial score (nSPS) is 11.6. The number of pyridine rings is 2. The number of benzene rings is 18. The Bertz CT molecular complexity index is 7470. The van der Waals surface area contributed by atoms with Gasteiger partial charge in [-0.05, 0) is 260 Å². The van der Waals surface area contributed by atoms with Gasteiger partial charge in [-0.2, -0.15) is 5.26 Å². The molecule has 1 fully saturated rings. The summed E-state index contributed by atoms with van der Waals surface area (Å²) in [6.45, 7) is 8.12. The van der Waals surface area contributed by atoms with E-state index in [0.29, 0.717) is 38.9 Å². The van der Waals surface area contributed by atoms with E-state index in [1.807, 2.05) is 343 Å². The van der Waals surface area contributed by atoms with Crippen molar-refractivity contribution in [3.8, 4) is 129 Å². The zero-order chi connectivity index (χ0) is 97.9. The second-order valence-corrected chi connectivity index (χ2v) is 38.0. The van der Waals surface area contributed by atoms with Crippen molar-refractivity contribution in [2.75, 3.05) is 0 Å². The average Bonchev–Trinajstić information content (AvgIpc) is 1.63. The van der Waals surface area contributed by atoms with Crippen LogP contribution in [0, 0.1) is 23.5 Å². The first-order chi connectivity index (χ1) is 68.7. The van der Waals surface area contributed by atoms with Gasteiger partial charge in [-0.25, -0.2) is 0 Å². The molecule has 0 atom stereocenters. The molecular weight excluding hydrogens is 2370 g/mol. The molecule has 0 spiro atoms. The van der Waals surface area contributed by atoms with E-state index in [4.69, 9.17) is 14.6 Å². The van der Waals surface area contributed by atoms with E-state index >= 15 is 0 Å². The van der Waals surface area contributed by atoms with E-state index in [-0.39, 0.29) is 57.6 Å². The number of ketones is 3. The first-order valence-electron chi connectivity index (χ1n) is 46.0. The van der Waals surface area contributed by atoms with Crippen molar-refractivity contribution in [2.24, 2.45) is 0 Å². The van der Waals surface area contributed by atoms with Crippen LogP contribution in [-0.2, 0) is 49.5 Å². The Kier molecular flexibility index (Phi) is 37.4. The Morgan fingerprint density at radius 1 is 0.259 bits per heavy atom. The fraction of sp³-hybridized carbons (Fsp3) is 0.0469. The third-order valence-corrected chi connectivity index (χ3v) is 25.9. The molecule has 18 aromatic carbocycles. The van der Waals surface area contributed by atoms with E-state index in [9.17, 15) is 14.4 Å². The molecule has 2 aromatic heterocycles. The van der Waals surface area contributed by atoms with E-state index in [1.54, 1.807) is 24.5 Å². The minimum atomic E-state index is -0.511. The number of aromatic nitrogens is 2. The molecule has 0 saturated carbocycles. The smallest absolute Gasteiger partial charge is 0.399 e. The predicted molar refractivity (Wildman–Crippen MR) is 593 cm³/mol. The van der Waals surface area contributed by atoms with Crippen LogP contribution in [0.1, 0.15) is 81.0 Å². The predicted octanol–water partition coefficient (Wildman–Crippen LogP) is 33.8. The molecule has 20 aromatic rings. The molecule has 702 valence electrons. The van der Waals surface area contributed by atoms with E-state index in [2.05, 4.69) is 250 Å². The molecule has 2 radical (unpaired) electrons. The number of carbonyl (C=O) groups is 3. The van der Waals surface area contributed by atoms with Gasteiger partial charge < -0.3 is 19.3 Å². The molecule has 0 bridgehead atoms. The van der Waals surface area contributed by atoms with Crippen molar-refractivity contribution < 1.29 is 63.9 Å². The molecule has 1 saturated heterocycles. The summed E-state index contributed by atoms with van der Waals surface area (Å²) >= 11 is 13.7. The summed E-state index contributed by atoms with van der Waals surface area (Å²) in [5.74, 6) is -0.0150. The van der Waals surface area contributed by atoms with Crippen LogP contribution in [0.15, 0.2) is 516 Å². The number of carbonyl (C=O) groups excluding carboxylic acids is 3. The summed E-state index contributed by atoms with van der Waals surface area (Å²) in [6, 6.07) is 169. The van der Waals surface area contributed by atoms with Crippen LogP contribution in [-0.4, -0.2) is 45.6 Å². The molecule has 143 heavy (non-hydrogen) atoms. The molecule has 1 aliphatic heterocycles. The number of nitriles is 1.